The first-order valence-electron chi connectivity index (χ1n) is 21.2. The van der Waals surface area contributed by atoms with Crippen LogP contribution in [0.1, 0.15) is 11.1 Å². The third kappa shape index (κ3) is 4.59. The van der Waals surface area contributed by atoms with Gasteiger partial charge in [0.25, 0.3) is 0 Å². The van der Waals surface area contributed by atoms with Crippen molar-refractivity contribution in [2.24, 2.45) is 0 Å². The minimum absolute atomic E-state index is 0.399. The van der Waals surface area contributed by atoms with E-state index in [9.17, 15) is 0 Å². The zero-order valence-electron chi connectivity index (χ0n) is 33.5. The van der Waals surface area contributed by atoms with Crippen molar-refractivity contribution < 1.29 is 26.3 Å². The zero-order chi connectivity index (χ0) is 43.0. The van der Waals surface area contributed by atoms with Crippen LogP contribution in [0.25, 0.3) is 54.6 Å². The molecule has 0 aliphatic carbocycles. The Morgan fingerprint density at radius 3 is 1.12 bits per heavy atom. The molecule has 302 valence electrons. The first-order chi connectivity index (χ1) is 31.0. The van der Waals surface area contributed by atoms with Crippen LogP contribution in [0.15, 0.2) is 170 Å². The lowest BCUT2D eigenvalue weighted by atomic mass is 9.31. The summed E-state index contributed by atoms with van der Waals surface area (Å²) >= 11 is 0. The molecule has 0 bridgehead atoms. The van der Waals surface area contributed by atoms with Crippen LogP contribution in [0.3, 0.4) is 0 Å². The molecule has 14 rings (SSSR count). The largest absolute Gasteiger partial charge is 0.416 e. The molecule has 0 saturated heterocycles. The van der Waals surface area contributed by atoms with Gasteiger partial charge in [0.05, 0.1) is 11.1 Å². The highest BCUT2D eigenvalue weighted by Crippen LogP contribution is 2.50. The number of hydrogen-bond donors (Lipinski definition) is 0. The van der Waals surface area contributed by atoms with Crippen molar-refractivity contribution >= 4 is 113 Å². The van der Waals surface area contributed by atoms with E-state index in [1.54, 1.807) is 0 Å². The van der Waals surface area contributed by atoms with Crippen LogP contribution in [-0.2, 0) is 12.4 Å². The molecule has 2 nitrogen and oxygen atoms in total. The topological polar surface area (TPSA) is 6.48 Å². The second-order valence-electron chi connectivity index (χ2n) is 17.3. The normalized spacial score (nSPS) is 14.3. The van der Waals surface area contributed by atoms with Gasteiger partial charge in [0.1, 0.15) is 0 Å². The summed E-state index contributed by atoms with van der Waals surface area (Å²) in [6.45, 7) is -0.798. The molecule has 0 amide bonds. The average molecular weight is 840 g/mol. The lowest BCUT2D eigenvalue weighted by molar-refractivity contribution is -0.138. The number of para-hydroxylation sites is 4. The minimum atomic E-state index is -4.63. The quantitative estimate of drug-likeness (QED) is 0.0972. The van der Waals surface area contributed by atoms with Crippen LogP contribution in [-0.4, -0.2) is 13.4 Å². The highest BCUT2D eigenvalue weighted by Gasteiger charge is 2.47. The van der Waals surface area contributed by atoms with Crippen LogP contribution in [0, 0.1) is 0 Å². The molecule has 0 fully saturated rings. The van der Waals surface area contributed by atoms with E-state index in [4.69, 9.17) is 0 Å². The second kappa shape index (κ2) is 12.2. The maximum absolute atomic E-state index is 15.1. The molecule has 0 aromatic heterocycles. The third-order valence-electron chi connectivity index (χ3n) is 14.2. The Labute approximate surface area is 363 Å². The molecule has 0 unspecified atom stereocenters. The summed E-state index contributed by atoms with van der Waals surface area (Å²) < 4.78 is 90.7. The van der Waals surface area contributed by atoms with Crippen LogP contribution in [0.4, 0.5) is 60.5 Å². The highest BCUT2D eigenvalue weighted by molar-refractivity contribution is 7.02. The lowest BCUT2D eigenvalue weighted by Gasteiger charge is -2.42. The molecule has 0 spiro atoms. The van der Waals surface area contributed by atoms with Gasteiger partial charge in [-0.2, -0.15) is 26.3 Å². The molecule has 0 atom stereocenters. The van der Waals surface area contributed by atoms with Gasteiger partial charge >= 0.3 is 12.4 Å². The van der Waals surface area contributed by atoms with Gasteiger partial charge in [-0.1, -0.05) is 120 Å². The van der Waals surface area contributed by atoms with E-state index in [0.29, 0.717) is 33.6 Å². The predicted octanol–water partition coefficient (Wildman–Crippen LogP) is 11.2. The van der Waals surface area contributed by atoms with Crippen molar-refractivity contribution in [2.45, 2.75) is 12.4 Å². The second-order valence-corrected chi connectivity index (χ2v) is 17.3. The number of fused-ring (bicyclic) bond motifs is 8. The van der Waals surface area contributed by atoms with Gasteiger partial charge in [-0.05, 0) is 137 Å². The number of alkyl halides is 6. The van der Waals surface area contributed by atoms with Crippen molar-refractivity contribution in [3.63, 3.8) is 0 Å². The van der Waals surface area contributed by atoms with Gasteiger partial charge in [-0.3, -0.25) is 0 Å². The lowest BCUT2D eigenvalue weighted by Crippen LogP contribution is -2.60. The molecule has 0 saturated carbocycles. The van der Waals surface area contributed by atoms with E-state index < -0.39 is 36.9 Å². The Hall–Kier alpha value is -7.45. The van der Waals surface area contributed by atoms with E-state index in [2.05, 4.69) is 24.3 Å². The predicted molar refractivity (Wildman–Crippen MR) is 250 cm³/mol. The summed E-state index contributed by atoms with van der Waals surface area (Å²) in [6, 6.07) is 52.5. The molecule has 64 heavy (non-hydrogen) atoms. The minimum Gasteiger partial charge on any atom is -0.311 e. The Bertz CT molecular complexity index is 3440. The SMILES string of the molecule is FC(F)(F)c1cc2c3c(c1)N(c1ccccc1)c1ccccc1B3c1cc3ccc4c5c(cc6ccc-2c1c6c35)B1c2ccccc2N(c2ccccc2)c2cc(C(F)(F)F)cc-4c21. The molecular formula is C54H28B2F6N2. The summed E-state index contributed by atoms with van der Waals surface area (Å²) in [7, 11) is 0. The Morgan fingerprint density at radius 1 is 0.328 bits per heavy atom. The Morgan fingerprint density at radius 2 is 0.719 bits per heavy atom. The van der Waals surface area contributed by atoms with E-state index in [1.807, 2.05) is 131 Å². The maximum atomic E-state index is 15.1. The van der Waals surface area contributed by atoms with Crippen LogP contribution in [0.2, 0.25) is 0 Å². The first kappa shape index (κ1) is 36.1. The van der Waals surface area contributed by atoms with Crippen LogP contribution in [0.5, 0.6) is 0 Å². The summed E-state index contributed by atoms with van der Waals surface area (Å²) in [5.41, 5.74) is 10.6. The summed E-state index contributed by atoms with van der Waals surface area (Å²) in [5, 5.41) is 5.41. The summed E-state index contributed by atoms with van der Waals surface area (Å²) in [6.07, 6.45) is -9.25. The average Bonchev–Trinajstić information content (AvgIpc) is 3.30. The Balaban J connectivity index is 1.12. The number of nitrogens with zero attached hydrogens (tertiary/aromatic N) is 2. The molecule has 4 aliphatic heterocycles. The molecule has 10 aromatic rings. The van der Waals surface area contributed by atoms with Crippen molar-refractivity contribution in [1.29, 1.82) is 0 Å². The molecule has 4 heterocycles. The fraction of sp³-hybridized carbons (Fsp3) is 0.0370. The maximum Gasteiger partial charge on any atom is 0.416 e. The highest BCUT2D eigenvalue weighted by atomic mass is 19.4. The van der Waals surface area contributed by atoms with Gasteiger partial charge in [-0.25, -0.2) is 0 Å². The number of benzene rings is 10. The third-order valence-corrected chi connectivity index (χ3v) is 14.2. The van der Waals surface area contributed by atoms with E-state index >= 15 is 26.3 Å². The van der Waals surface area contributed by atoms with Crippen molar-refractivity contribution in [2.75, 3.05) is 9.80 Å². The fourth-order valence-electron chi connectivity index (χ4n) is 11.8. The molecule has 0 radical (unpaired) electrons. The first-order valence-corrected chi connectivity index (χ1v) is 21.2. The Kier molecular flexibility index (Phi) is 6.86. The monoisotopic (exact) mass is 840 g/mol. The van der Waals surface area contributed by atoms with Crippen molar-refractivity contribution in [3.05, 3.63) is 181 Å². The van der Waals surface area contributed by atoms with Crippen LogP contribution >= 0.6 is 0 Å². The molecule has 4 aliphatic rings. The van der Waals surface area contributed by atoms with Crippen molar-refractivity contribution in [3.8, 4) is 22.3 Å². The summed E-state index contributed by atoms with van der Waals surface area (Å²) in [4.78, 5) is 3.90. The van der Waals surface area contributed by atoms with E-state index in [1.165, 1.54) is 24.3 Å². The number of anilines is 6. The molecule has 10 aromatic carbocycles. The van der Waals surface area contributed by atoms with Gasteiger partial charge in [0, 0.05) is 34.1 Å². The van der Waals surface area contributed by atoms with Crippen LogP contribution < -0.4 is 42.6 Å². The number of halogens is 6. The van der Waals surface area contributed by atoms with Gasteiger partial charge in [0.15, 0.2) is 0 Å². The van der Waals surface area contributed by atoms with Crippen molar-refractivity contribution in [1.82, 2.24) is 0 Å². The molecule has 0 N–H and O–H groups in total. The summed E-state index contributed by atoms with van der Waals surface area (Å²) in [5.74, 6) is 0. The molecule has 10 heteroatoms. The van der Waals surface area contributed by atoms with E-state index in [-0.39, 0.29) is 0 Å². The number of hydrogen-bond acceptors (Lipinski definition) is 2. The zero-order valence-corrected chi connectivity index (χ0v) is 33.5. The van der Waals surface area contributed by atoms with E-state index in [0.717, 1.165) is 87.8 Å². The van der Waals surface area contributed by atoms with Gasteiger partial charge in [0.2, 0.25) is 13.4 Å². The standard InChI is InChI=1S/C54H28B2F6N2/c57-53(58,59)31-25-37-35-21-19-30-24-42-50-36(38-26-32(54(60,61)62)28-46-52(38)56(42)40-16-8-10-18-44(40)64(46)34-13-5-2-6-14-34)22-20-29-23-41(49(35)47(30)48(29)50)55-39-15-7-9-17-43(39)63(45(27-31)51(37)55)33-11-3-1-4-12-33/h1-28H. The smallest absolute Gasteiger partial charge is 0.311 e. The van der Waals surface area contributed by atoms with Gasteiger partial charge < -0.3 is 9.80 Å². The molecular weight excluding hydrogens is 812 g/mol. The number of rotatable bonds is 2. The fourth-order valence-corrected chi connectivity index (χ4v) is 11.8. The van der Waals surface area contributed by atoms with Gasteiger partial charge in [-0.15, -0.1) is 0 Å².